The van der Waals surface area contributed by atoms with E-state index >= 15 is 8.78 Å². The minimum atomic E-state index is -2.92. The highest BCUT2D eigenvalue weighted by atomic mass is 19.3. The molecule has 0 spiro atoms. The summed E-state index contributed by atoms with van der Waals surface area (Å²) in [5, 5.41) is 0. The van der Waals surface area contributed by atoms with E-state index in [0.29, 0.717) is 0 Å². The van der Waals surface area contributed by atoms with Crippen molar-refractivity contribution in [2.75, 3.05) is 0 Å². The summed E-state index contributed by atoms with van der Waals surface area (Å²) in [5.74, 6) is -3.83. The van der Waals surface area contributed by atoms with Crippen molar-refractivity contribution in [1.82, 2.24) is 4.90 Å². The minimum Gasteiger partial charge on any atom is -0.336 e. The van der Waals surface area contributed by atoms with Crippen LogP contribution in [-0.4, -0.2) is 10.4 Å². The number of hydrogen-bond acceptors (Lipinski definition) is 1. The first-order valence-electron chi connectivity index (χ1n) is 11.2. The molecule has 1 aromatic carbocycles. The first-order chi connectivity index (χ1) is 14.3. The molecule has 3 heteroatoms. The molecule has 154 valence electrons. The Morgan fingerprint density at radius 2 is 2.00 bits per heavy atom. The lowest BCUT2D eigenvalue weighted by Gasteiger charge is -2.50. The number of rotatable bonds is 4. The molecular formula is C27H27F2N. The smallest absolute Gasteiger partial charge is 0.284 e. The molecule has 6 rings (SSSR count). The van der Waals surface area contributed by atoms with Gasteiger partial charge in [-0.3, -0.25) is 0 Å². The highest BCUT2D eigenvalue weighted by Gasteiger charge is 2.76. The molecule has 0 amide bonds. The molecule has 1 fully saturated rings. The lowest BCUT2D eigenvalue weighted by Crippen LogP contribution is -2.47. The van der Waals surface area contributed by atoms with Crippen LogP contribution in [0.15, 0.2) is 59.9 Å². The molecule has 0 aromatic heterocycles. The summed E-state index contributed by atoms with van der Waals surface area (Å²) in [7, 11) is 0. The van der Waals surface area contributed by atoms with Crippen LogP contribution in [0.3, 0.4) is 0 Å². The molecule has 0 N–H and O–H groups in total. The van der Waals surface area contributed by atoms with E-state index in [1.54, 1.807) is 12.1 Å². The van der Waals surface area contributed by atoms with Gasteiger partial charge in [-0.05, 0) is 66.2 Å². The van der Waals surface area contributed by atoms with Crippen molar-refractivity contribution >= 4 is 11.8 Å². The first-order valence-corrected chi connectivity index (χ1v) is 11.2. The summed E-state index contributed by atoms with van der Waals surface area (Å²) in [5.41, 5.74) is 6.41. The number of alkyl halides is 2. The molecule has 0 radical (unpaired) electrons. The Bertz CT molecular complexity index is 1150. The SMILES string of the molecule is C=C1C2(C)C3=CC=CC4C3=C3c5c(cc(CCCC)cc5C4(F)F)C=CN3[C@@]12CC. The number of benzene rings is 1. The third kappa shape index (κ3) is 1.73. The van der Waals surface area contributed by atoms with Gasteiger partial charge in [-0.25, -0.2) is 8.78 Å². The Morgan fingerprint density at radius 1 is 1.20 bits per heavy atom. The second-order valence-electron chi connectivity index (χ2n) is 9.54. The van der Waals surface area contributed by atoms with Crippen LogP contribution < -0.4 is 0 Å². The summed E-state index contributed by atoms with van der Waals surface area (Å²) in [6, 6.07) is 3.91. The van der Waals surface area contributed by atoms with Crippen molar-refractivity contribution in [3.63, 3.8) is 0 Å². The van der Waals surface area contributed by atoms with E-state index in [0.717, 1.165) is 64.8 Å². The number of nitrogens with zero attached hydrogens (tertiary/aromatic N) is 1. The van der Waals surface area contributed by atoms with Crippen LogP contribution in [0.2, 0.25) is 0 Å². The largest absolute Gasteiger partial charge is 0.336 e. The van der Waals surface area contributed by atoms with Gasteiger partial charge in [0.25, 0.3) is 5.92 Å². The van der Waals surface area contributed by atoms with Gasteiger partial charge < -0.3 is 4.90 Å². The normalized spacial score (nSPS) is 33.4. The van der Waals surface area contributed by atoms with E-state index in [4.69, 9.17) is 0 Å². The number of allylic oxidation sites excluding steroid dienone is 4. The quantitative estimate of drug-likeness (QED) is 0.490. The van der Waals surface area contributed by atoms with Crippen LogP contribution in [0, 0.1) is 11.3 Å². The van der Waals surface area contributed by atoms with Gasteiger partial charge >= 0.3 is 0 Å². The molecule has 1 saturated carbocycles. The third-order valence-electron chi connectivity index (χ3n) is 8.43. The maximum Gasteiger partial charge on any atom is 0.284 e. The zero-order chi connectivity index (χ0) is 21.1. The number of halogens is 2. The van der Waals surface area contributed by atoms with Gasteiger partial charge in [0.05, 0.1) is 17.2 Å². The van der Waals surface area contributed by atoms with Crippen molar-refractivity contribution in [2.24, 2.45) is 11.3 Å². The van der Waals surface area contributed by atoms with Crippen LogP contribution in [0.1, 0.15) is 62.3 Å². The number of unbranched alkanes of at least 4 members (excludes halogenated alkanes) is 1. The topological polar surface area (TPSA) is 3.24 Å². The first kappa shape index (κ1) is 18.4. The van der Waals surface area contributed by atoms with E-state index < -0.39 is 11.8 Å². The van der Waals surface area contributed by atoms with E-state index in [-0.39, 0.29) is 16.5 Å². The van der Waals surface area contributed by atoms with Gasteiger partial charge in [-0.1, -0.05) is 51.1 Å². The Balaban J connectivity index is 1.69. The molecule has 30 heavy (non-hydrogen) atoms. The van der Waals surface area contributed by atoms with E-state index in [1.807, 2.05) is 12.2 Å². The van der Waals surface area contributed by atoms with Gasteiger partial charge in [0, 0.05) is 22.7 Å². The van der Waals surface area contributed by atoms with Crippen LogP contribution >= 0.6 is 0 Å². The van der Waals surface area contributed by atoms with Gasteiger partial charge in [0.2, 0.25) is 0 Å². The third-order valence-corrected chi connectivity index (χ3v) is 8.43. The second-order valence-corrected chi connectivity index (χ2v) is 9.54. The van der Waals surface area contributed by atoms with Crippen molar-refractivity contribution < 1.29 is 8.78 Å². The lowest BCUT2D eigenvalue weighted by atomic mass is 9.65. The van der Waals surface area contributed by atoms with E-state index in [9.17, 15) is 0 Å². The molecule has 2 unspecified atom stereocenters. The van der Waals surface area contributed by atoms with Crippen molar-refractivity contribution in [2.45, 2.75) is 57.9 Å². The molecule has 1 aromatic rings. The molecular weight excluding hydrogens is 376 g/mol. The molecule has 2 aliphatic heterocycles. The fraction of sp³-hybridized carbons (Fsp3) is 0.407. The predicted octanol–water partition coefficient (Wildman–Crippen LogP) is 6.98. The Morgan fingerprint density at radius 3 is 2.73 bits per heavy atom. The average molecular weight is 404 g/mol. The second kappa shape index (κ2) is 5.43. The molecule has 3 atom stereocenters. The van der Waals surface area contributed by atoms with Gasteiger partial charge in [-0.15, -0.1) is 0 Å². The Labute approximate surface area is 177 Å². The van der Waals surface area contributed by atoms with Crippen LogP contribution in [0.25, 0.3) is 11.8 Å². The number of hydrogen-bond donors (Lipinski definition) is 0. The van der Waals surface area contributed by atoms with Crippen LogP contribution in [0.5, 0.6) is 0 Å². The van der Waals surface area contributed by atoms with E-state index in [2.05, 4.69) is 50.6 Å². The van der Waals surface area contributed by atoms with Crippen molar-refractivity contribution in [3.05, 3.63) is 82.1 Å². The molecule has 0 bridgehead atoms. The maximum atomic E-state index is 16.0. The molecule has 2 heterocycles. The molecule has 1 nitrogen and oxygen atoms in total. The summed E-state index contributed by atoms with van der Waals surface area (Å²) < 4.78 is 32.1. The zero-order valence-electron chi connectivity index (χ0n) is 17.9. The van der Waals surface area contributed by atoms with Crippen LogP contribution in [-0.2, 0) is 12.3 Å². The summed E-state index contributed by atoms with van der Waals surface area (Å²) in [4.78, 5) is 2.29. The summed E-state index contributed by atoms with van der Waals surface area (Å²) in [6.07, 6.45) is 13.6. The number of aryl methyl sites for hydroxylation is 1. The predicted molar refractivity (Wildman–Crippen MR) is 118 cm³/mol. The summed E-state index contributed by atoms with van der Waals surface area (Å²) in [6.45, 7) is 11.0. The fourth-order valence-corrected chi connectivity index (χ4v) is 6.81. The minimum absolute atomic E-state index is 0.205. The molecule has 5 aliphatic rings. The zero-order valence-corrected chi connectivity index (χ0v) is 17.9. The molecule has 3 aliphatic carbocycles. The van der Waals surface area contributed by atoms with Gasteiger partial charge in [0.1, 0.15) is 0 Å². The van der Waals surface area contributed by atoms with Crippen LogP contribution in [0.4, 0.5) is 8.78 Å². The van der Waals surface area contributed by atoms with Crippen molar-refractivity contribution in [3.8, 4) is 0 Å². The van der Waals surface area contributed by atoms with Gasteiger partial charge in [0.15, 0.2) is 0 Å². The average Bonchev–Trinajstić information content (AvgIpc) is 3.26. The fourth-order valence-electron chi connectivity index (χ4n) is 6.81. The summed E-state index contributed by atoms with van der Waals surface area (Å²) >= 11 is 0. The van der Waals surface area contributed by atoms with Gasteiger partial charge in [-0.2, -0.15) is 0 Å². The van der Waals surface area contributed by atoms with Crippen molar-refractivity contribution in [1.29, 1.82) is 0 Å². The highest BCUT2D eigenvalue weighted by Crippen LogP contribution is 2.77. The Hall–Kier alpha value is -2.42. The maximum absolute atomic E-state index is 16.0. The van der Waals surface area contributed by atoms with E-state index in [1.165, 1.54) is 0 Å². The lowest BCUT2D eigenvalue weighted by molar-refractivity contribution is -0.0382. The Kier molecular flexibility index (Phi) is 3.32. The highest BCUT2D eigenvalue weighted by molar-refractivity contribution is 5.92. The number of fused-ring (bicyclic) bond motifs is 3. The standard InChI is InChI=1S/C27H27F2N/c1-5-7-9-17-14-18-12-13-30-24-22(18)21(15-17)27(28,29)20-11-8-10-19(23(20)24)25(4)16(3)26(25,30)6-2/h8,10-15,20H,3,5-7,9H2,1-2,4H3/t20?,25?,26-/m0/s1. The monoisotopic (exact) mass is 403 g/mol. The molecule has 0 saturated heterocycles.